The number of halogens is 1. The number of amides is 1. The summed E-state index contributed by atoms with van der Waals surface area (Å²) in [5.41, 5.74) is 7.37. The van der Waals surface area contributed by atoms with Crippen LogP contribution in [0.1, 0.15) is 33.8 Å². The summed E-state index contributed by atoms with van der Waals surface area (Å²) in [5, 5.41) is -0.683. The van der Waals surface area contributed by atoms with Crippen molar-refractivity contribution in [3.63, 3.8) is 0 Å². The Kier molecular flexibility index (Phi) is 5.34. The van der Waals surface area contributed by atoms with Crippen LogP contribution in [0.5, 0.6) is 0 Å². The molecule has 0 aliphatic carbocycles. The van der Waals surface area contributed by atoms with Crippen LogP contribution < -0.4 is 5.73 Å². The molecule has 0 bridgehead atoms. The molecule has 114 valence electrons. The van der Waals surface area contributed by atoms with Gasteiger partial charge in [-0.2, -0.15) is 0 Å². The standard InChI is InChI=1S/C18H18ClNO2/c1-12(11-14-9-5-6-10-15(14)18(20)22)17(21)16(19)13-7-3-2-4-8-13/h2-10,12,16H,11H2,1H3,(H2,20,22). The van der Waals surface area contributed by atoms with Crippen LogP contribution in [0.2, 0.25) is 0 Å². The number of carbonyl (C=O) groups is 2. The number of carbonyl (C=O) groups excluding carboxylic acids is 2. The highest BCUT2D eigenvalue weighted by molar-refractivity contribution is 6.31. The van der Waals surface area contributed by atoms with E-state index >= 15 is 0 Å². The third-order valence-electron chi connectivity index (χ3n) is 3.64. The van der Waals surface area contributed by atoms with Gasteiger partial charge in [0.05, 0.1) is 0 Å². The summed E-state index contributed by atoms with van der Waals surface area (Å²) in [6.45, 7) is 1.82. The zero-order chi connectivity index (χ0) is 16.1. The molecule has 0 aromatic heterocycles. The fourth-order valence-corrected chi connectivity index (χ4v) is 2.77. The molecular weight excluding hydrogens is 298 g/mol. The fraction of sp³-hybridized carbons (Fsp3) is 0.222. The Morgan fingerprint density at radius 3 is 2.27 bits per heavy atom. The van der Waals surface area contributed by atoms with Gasteiger partial charge in [0.25, 0.3) is 0 Å². The molecule has 0 aliphatic rings. The smallest absolute Gasteiger partial charge is 0.248 e. The van der Waals surface area contributed by atoms with E-state index in [1.165, 1.54) is 0 Å². The molecule has 2 aromatic carbocycles. The molecule has 0 heterocycles. The van der Waals surface area contributed by atoms with Crippen molar-refractivity contribution in [2.75, 3.05) is 0 Å². The van der Waals surface area contributed by atoms with Crippen molar-refractivity contribution in [1.82, 2.24) is 0 Å². The molecule has 0 saturated carbocycles. The number of primary amides is 1. The number of alkyl halides is 1. The fourth-order valence-electron chi connectivity index (χ4n) is 2.41. The number of hydrogen-bond donors (Lipinski definition) is 1. The van der Waals surface area contributed by atoms with Crippen LogP contribution >= 0.6 is 11.6 Å². The SMILES string of the molecule is CC(Cc1ccccc1C(N)=O)C(=O)C(Cl)c1ccccc1. The summed E-state index contributed by atoms with van der Waals surface area (Å²) in [4.78, 5) is 23.9. The quantitative estimate of drug-likeness (QED) is 0.829. The van der Waals surface area contributed by atoms with E-state index in [-0.39, 0.29) is 11.7 Å². The van der Waals surface area contributed by atoms with E-state index in [4.69, 9.17) is 17.3 Å². The maximum absolute atomic E-state index is 12.5. The van der Waals surface area contributed by atoms with Crippen LogP contribution in [0.3, 0.4) is 0 Å². The van der Waals surface area contributed by atoms with E-state index in [1.807, 2.05) is 49.4 Å². The van der Waals surface area contributed by atoms with E-state index in [0.29, 0.717) is 12.0 Å². The van der Waals surface area contributed by atoms with Crippen molar-refractivity contribution >= 4 is 23.3 Å². The molecule has 2 unspecified atom stereocenters. The molecule has 0 fully saturated rings. The molecule has 2 aromatic rings. The van der Waals surface area contributed by atoms with Crippen LogP contribution in [0.15, 0.2) is 54.6 Å². The van der Waals surface area contributed by atoms with Crippen LogP contribution in [-0.4, -0.2) is 11.7 Å². The molecule has 2 N–H and O–H groups in total. The lowest BCUT2D eigenvalue weighted by Gasteiger charge is -2.16. The maximum Gasteiger partial charge on any atom is 0.248 e. The predicted octanol–water partition coefficient (Wildman–Crippen LogP) is 3.51. The molecular formula is C18H18ClNO2. The van der Waals surface area contributed by atoms with Gasteiger partial charge in [-0.25, -0.2) is 0 Å². The molecule has 0 spiro atoms. The lowest BCUT2D eigenvalue weighted by atomic mass is 9.91. The maximum atomic E-state index is 12.5. The number of rotatable bonds is 6. The van der Waals surface area contributed by atoms with Gasteiger partial charge in [-0.3, -0.25) is 9.59 Å². The molecule has 0 aliphatic heterocycles. The van der Waals surface area contributed by atoms with Crippen LogP contribution in [0.4, 0.5) is 0 Å². The van der Waals surface area contributed by atoms with E-state index in [2.05, 4.69) is 0 Å². The number of benzene rings is 2. The minimum atomic E-state index is -0.683. The van der Waals surface area contributed by atoms with Crippen molar-refractivity contribution in [2.24, 2.45) is 11.7 Å². The highest BCUT2D eigenvalue weighted by Gasteiger charge is 2.24. The van der Waals surface area contributed by atoms with Gasteiger partial charge in [0.2, 0.25) is 5.91 Å². The highest BCUT2D eigenvalue weighted by atomic mass is 35.5. The number of hydrogen-bond acceptors (Lipinski definition) is 2. The summed E-state index contributed by atoms with van der Waals surface area (Å²) >= 11 is 6.28. The molecule has 22 heavy (non-hydrogen) atoms. The van der Waals surface area contributed by atoms with Crippen LogP contribution in [0.25, 0.3) is 0 Å². The van der Waals surface area contributed by atoms with Gasteiger partial charge >= 0.3 is 0 Å². The van der Waals surface area contributed by atoms with Gasteiger partial charge in [0.1, 0.15) is 5.38 Å². The molecule has 1 amide bonds. The van der Waals surface area contributed by atoms with Gasteiger partial charge < -0.3 is 5.73 Å². The first-order valence-corrected chi connectivity index (χ1v) is 7.54. The average molecular weight is 316 g/mol. The van der Waals surface area contributed by atoms with E-state index in [9.17, 15) is 9.59 Å². The first-order valence-electron chi connectivity index (χ1n) is 7.11. The van der Waals surface area contributed by atoms with Crippen LogP contribution in [0, 0.1) is 5.92 Å². The zero-order valence-corrected chi connectivity index (χ0v) is 13.1. The van der Waals surface area contributed by atoms with E-state index < -0.39 is 11.3 Å². The molecule has 0 radical (unpaired) electrons. The third kappa shape index (κ3) is 3.74. The number of ketones is 1. The molecule has 3 nitrogen and oxygen atoms in total. The first-order chi connectivity index (χ1) is 10.5. The third-order valence-corrected chi connectivity index (χ3v) is 4.10. The zero-order valence-electron chi connectivity index (χ0n) is 12.3. The van der Waals surface area contributed by atoms with Gasteiger partial charge in [0, 0.05) is 11.5 Å². The van der Waals surface area contributed by atoms with Gasteiger partial charge in [0.15, 0.2) is 5.78 Å². The summed E-state index contributed by atoms with van der Waals surface area (Å²) in [7, 11) is 0. The normalized spacial score (nSPS) is 13.4. The van der Waals surface area contributed by atoms with Crippen molar-refractivity contribution < 1.29 is 9.59 Å². The summed E-state index contributed by atoms with van der Waals surface area (Å²) < 4.78 is 0. The van der Waals surface area contributed by atoms with Gasteiger partial charge in [-0.05, 0) is 23.6 Å². The van der Waals surface area contributed by atoms with Crippen molar-refractivity contribution in [2.45, 2.75) is 18.7 Å². The Morgan fingerprint density at radius 1 is 1.05 bits per heavy atom. The van der Waals surface area contributed by atoms with Gasteiger partial charge in [-0.1, -0.05) is 55.5 Å². The van der Waals surface area contributed by atoms with Crippen LogP contribution in [-0.2, 0) is 11.2 Å². The molecule has 4 heteroatoms. The second kappa shape index (κ2) is 7.23. The molecule has 0 saturated heterocycles. The Hall–Kier alpha value is -2.13. The Morgan fingerprint density at radius 2 is 1.64 bits per heavy atom. The minimum Gasteiger partial charge on any atom is -0.366 e. The van der Waals surface area contributed by atoms with Gasteiger partial charge in [-0.15, -0.1) is 11.6 Å². The van der Waals surface area contributed by atoms with Crippen molar-refractivity contribution in [1.29, 1.82) is 0 Å². The summed E-state index contributed by atoms with van der Waals surface area (Å²) in [6, 6.07) is 16.3. The Bertz CT molecular complexity index is 670. The summed E-state index contributed by atoms with van der Waals surface area (Å²) in [5.74, 6) is -0.851. The lowest BCUT2D eigenvalue weighted by Crippen LogP contribution is -2.21. The Labute approximate surface area is 135 Å². The average Bonchev–Trinajstić information content (AvgIpc) is 2.54. The van der Waals surface area contributed by atoms with Crippen molar-refractivity contribution in [3.8, 4) is 0 Å². The number of Topliss-reactive ketones (excluding diaryl/α,β-unsaturated/α-hetero) is 1. The minimum absolute atomic E-state index is 0.0628. The van der Waals surface area contributed by atoms with E-state index in [0.717, 1.165) is 11.1 Å². The second-order valence-corrected chi connectivity index (χ2v) is 5.74. The largest absolute Gasteiger partial charge is 0.366 e. The summed E-state index contributed by atoms with van der Waals surface area (Å²) in [6.07, 6.45) is 0.438. The monoisotopic (exact) mass is 315 g/mol. The molecule has 2 rings (SSSR count). The number of nitrogens with two attached hydrogens (primary N) is 1. The first kappa shape index (κ1) is 16.2. The van der Waals surface area contributed by atoms with Crippen molar-refractivity contribution in [3.05, 3.63) is 71.3 Å². The molecule has 2 atom stereocenters. The highest BCUT2D eigenvalue weighted by Crippen LogP contribution is 2.26. The predicted molar refractivity (Wildman–Crippen MR) is 87.9 cm³/mol. The second-order valence-electron chi connectivity index (χ2n) is 5.30. The lowest BCUT2D eigenvalue weighted by molar-refractivity contribution is -0.122. The topological polar surface area (TPSA) is 60.2 Å². The Balaban J connectivity index is 2.14. The van der Waals surface area contributed by atoms with E-state index in [1.54, 1.807) is 12.1 Å².